The molecule has 0 saturated carbocycles. The lowest BCUT2D eigenvalue weighted by Crippen LogP contribution is -2.33. The van der Waals surface area contributed by atoms with Crippen molar-refractivity contribution in [2.24, 2.45) is 11.7 Å². The molecule has 3 N–H and O–H groups in total. The number of aromatic nitrogens is 1. The van der Waals surface area contributed by atoms with Crippen molar-refractivity contribution < 1.29 is 19.1 Å². The van der Waals surface area contributed by atoms with Crippen LogP contribution in [-0.4, -0.2) is 34.7 Å². The van der Waals surface area contributed by atoms with E-state index in [2.05, 4.69) is 18.8 Å². The van der Waals surface area contributed by atoms with Gasteiger partial charge in [-0.05, 0) is 65.2 Å². The molecule has 1 amide bonds. The van der Waals surface area contributed by atoms with Gasteiger partial charge in [0.05, 0.1) is 12.0 Å². The largest absolute Gasteiger partial charge is 0.460 e. The molecule has 0 aliphatic rings. The Labute approximate surface area is 174 Å². The lowest BCUT2D eigenvalue weighted by molar-refractivity contribution is -0.161. The van der Waals surface area contributed by atoms with Crippen molar-refractivity contribution in [3.63, 3.8) is 0 Å². The highest BCUT2D eigenvalue weighted by Crippen LogP contribution is 2.19. The van der Waals surface area contributed by atoms with Crippen molar-refractivity contribution in [2.75, 3.05) is 6.61 Å². The van der Waals surface area contributed by atoms with E-state index in [0.717, 1.165) is 17.3 Å². The number of amides is 1. The summed E-state index contributed by atoms with van der Waals surface area (Å²) in [4.78, 5) is 25.6. The lowest BCUT2D eigenvalue weighted by atomic mass is 10.0. The summed E-state index contributed by atoms with van der Waals surface area (Å²) in [6.07, 6.45) is 3.09. The molecule has 0 atom stereocenters. The van der Waals surface area contributed by atoms with E-state index in [1.165, 1.54) is 0 Å². The van der Waals surface area contributed by atoms with Crippen LogP contribution in [0.3, 0.4) is 0 Å². The number of benzene rings is 1. The summed E-state index contributed by atoms with van der Waals surface area (Å²) in [5.41, 5.74) is 5.81. The van der Waals surface area contributed by atoms with Crippen LogP contribution >= 0.6 is 0 Å². The number of aromatic amines is 1. The lowest BCUT2D eigenvalue weighted by Gasteiger charge is -2.27. The molecule has 1 aromatic heterocycles. The Morgan fingerprint density at radius 2 is 1.76 bits per heavy atom. The summed E-state index contributed by atoms with van der Waals surface area (Å²) >= 11 is 0. The van der Waals surface area contributed by atoms with E-state index >= 15 is 0 Å². The van der Waals surface area contributed by atoms with E-state index in [1.54, 1.807) is 18.3 Å². The number of hydrogen-bond donors (Lipinski definition) is 2. The molecule has 0 aliphatic carbocycles. The van der Waals surface area contributed by atoms with E-state index in [4.69, 9.17) is 15.2 Å². The van der Waals surface area contributed by atoms with E-state index in [9.17, 15) is 9.59 Å². The summed E-state index contributed by atoms with van der Waals surface area (Å²) in [5.74, 6) is 0.0274. The zero-order valence-electron chi connectivity index (χ0n) is 18.8. The molecule has 0 unspecified atom stereocenters. The van der Waals surface area contributed by atoms with Gasteiger partial charge in [0.15, 0.2) is 0 Å². The highest BCUT2D eigenvalue weighted by molar-refractivity contribution is 6.05. The quantitative estimate of drug-likeness (QED) is 0.647. The number of H-pyrrole nitrogens is 1. The number of esters is 1. The molecule has 1 heterocycles. The average Bonchev–Trinajstić information content (AvgIpc) is 3.00. The molecular weight excluding hydrogens is 368 g/mol. The molecule has 0 bridgehead atoms. The van der Waals surface area contributed by atoms with Gasteiger partial charge in [0.2, 0.25) is 5.91 Å². The van der Waals surface area contributed by atoms with Gasteiger partial charge in [-0.15, -0.1) is 0 Å². The van der Waals surface area contributed by atoms with Gasteiger partial charge >= 0.3 is 5.97 Å². The molecule has 0 radical (unpaired) electrons. The number of ether oxygens (including phenoxy) is 2. The van der Waals surface area contributed by atoms with Crippen LogP contribution in [0.15, 0.2) is 30.5 Å². The highest BCUT2D eigenvalue weighted by Gasteiger charge is 2.26. The molecule has 162 valence electrons. The predicted molar refractivity (Wildman–Crippen MR) is 117 cm³/mol. The van der Waals surface area contributed by atoms with Crippen molar-refractivity contribution in [3.8, 4) is 0 Å². The Hall–Kier alpha value is -2.34. The maximum Gasteiger partial charge on any atom is 0.309 e. The van der Waals surface area contributed by atoms with Gasteiger partial charge in [0.1, 0.15) is 5.60 Å². The van der Waals surface area contributed by atoms with Gasteiger partial charge in [0, 0.05) is 29.3 Å². The molecule has 0 spiro atoms. The minimum atomic E-state index is -0.447. The Morgan fingerprint density at radius 3 is 2.31 bits per heavy atom. The summed E-state index contributed by atoms with van der Waals surface area (Å²) < 4.78 is 11.0. The highest BCUT2D eigenvalue weighted by atomic mass is 16.6. The molecule has 2 aromatic rings. The number of primary amides is 1. The molecule has 6 heteroatoms. The fourth-order valence-electron chi connectivity index (χ4n) is 2.65. The first-order chi connectivity index (χ1) is 13.3. The molecular formula is C23H36N2O4. The van der Waals surface area contributed by atoms with E-state index < -0.39 is 11.2 Å². The zero-order chi connectivity index (χ0) is 22.2. The second kappa shape index (κ2) is 10.4. The van der Waals surface area contributed by atoms with E-state index in [0.29, 0.717) is 24.5 Å². The normalized spacial score (nSPS) is 11.9. The molecule has 0 aliphatic heterocycles. The monoisotopic (exact) mass is 404 g/mol. The van der Waals surface area contributed by atoms with Crippen LogP contribution in [0.2, 0.25) is 0 Å². The van der Waals surface area contributed by atoms with Crippen LogP contribution in [-0.2, 0) is 14.3 Å². The topological polar surface area (TPSA) is 94.4 Å². The summed E-state index contributed by atoms with van der Waals surface area (Å²) in [6.45, 7) is 14.5. The summed E-state index contributed by atoms with van der Waals surface area (Å²) in [7, 11) is 0. The van der Waals surface area contributed by atoms with Crippen LogP contribution in [0, 0.1) is 5.92 Å². The summed E-state index contributed by atoms with van der Waals surface area (Å²) in [5, 5.41) is 0.880. The van der Waals surface area contributed by atoms with Crippen LogP contribution in [0.25, 0.3) is 10.9 Å². The molecule has 6 nitrogen and oxygen atoms in total. The van der Waals surface area contributed by atoms with Gasteiger partial charge in [-0.2, -0.15) is 0 Å². The third-order valence-corrected chi connectivity index (χ3v) is 4.04. The number of nitrogens with one attached hydrogen (secondary N) is 1. The van der Waals surface area contributed by atoms with E-state index in [1.807, 2.05) is 46.8 Å². The van der Waals surface area contributed by atoms with E-state index in [-0.39, 0.29) is 11.9 Å². The van der Waals surface area contributed by atoms with Gasteiger partial charge in [-0.25, -0.2) is 0 Å². The molecule has 2 rings (SSSR count). The first kappa shape index (κ1) is 24.7. The third-order valence-electron chi connectivity index (χ3n) is 4.04. The number of nitrogens with two attached hydrogens (primary N) is 1. The SMILES string of the molecule is CC(C)CCOC(C)(C)CC(=O)OC(C)(C)C.NC(=O)c1cccc2[nH]ccc12. The first-order valence-corrected chi connectivity index (χ1v) is 10.0. The van der Waals surface area contributed by atoms with Crippen molar-refractivity contribution >= 4 is 22.8 Å². The van der Waals surface area contributed by atoms with Gasteiger partial charge in [-0.3, -0.25) is 9.59 Å². The van der Waals surface area contributed by atoms with Gasteiger partial charge in [-0.1, -0.05) is 19.9 Å². The number of fused-ring (bicyclic) bond motifs is 1. The van der Waals surface area contributed by atoms with Crippen LogP contribution in [0.4, 0.5) is 0 Å². The second-order valence-corrected chi connectivity index (χ2v) is 9.16. The number of rotatable bonds is 7. The van der Waals surface area contributed by atoms with Crippen LogP contribution < -0.4 is 5.73 Å². The van der Waals surface area contributed by atoms with Gasteiger partial charge < -0.3 is 20.2 Å². The Balaban J connectivity index is 0.000000304. The Kier molecular flexibility index (Phi) is 8.89. The number of carbonyl (C=O) groups excluding carboxylic acids is 2. The second-order valence-electron chi connectivity index (χ2n) is 9.16. The molecule has 0 fully saturated rings. The minimum absolute atomic E-state index is 0.202. The van der Waals surface area contributed by atoms with Gasteiger partial charge in [0.25, 0.3) is 0 Å². The maximum atomic E-state index is 11.7. The van der Waals surface area contributed by atoms with Crippen molar-refractivity contribution in [1.29, 1.82) is 0 Å². The smallest absolute Gasteiger partial charge is 0.309 e. The first-order valence-electron chi connectivity index (χ1n) is 10.0. The molecule has 0 saturated heterocycles. The average molecular weight is 405 g/mol. The van der Waals surface area contributed by atoms with Crippen molar-refractivity contribution in [3.05, 3.63) is 36.0 Å². The Bertz CT molecular complexity index is 801. The maximum absolute atomic E-state index is 11.7. The fraction of sp³-hybridized carbons (Fsp3) is 0.565. The van der Waals surface area contributed by atoms with Crippen LogP contribution in [0.5, 0.6) is 0 Å². The third kappa shape index (κ3) is 9.61. The standard InChI is InChI=1S/C14H28O3.C9H8N2O/c1-11(2)8-9-16-14(6,7)10-12(15)17-13(3,4)5;10-9(12)7-2-1-3-8-6(7)4-5-11-8/h11H,8-10H2,1-7H3;1-5,11H,(H2,10,12). The van der Waals surface area contributed by atoms with Crippen molar-refractivity contribution in [1.82, 2.24) is 4.98 Å². The predicted octanol–water partition coefficient (Wildman–Crippen LogP) is 4.83. The zero-order valence-corrected chi connectivity index (χ0v) is 18.8. The number of carbonyl (C=O) groups is 2. The molecule has 29 heavy (non-hydrogen) atoms. The molecule has 1 aromatic carbocycles. The van der Waals surface area contributed by atoms with Crippen molar-refractivity contribution in [2.45, 2.75) is 72.5 Å². The van der Waals surface area contributed by atoms with Crippen LogP contribution in [0.1, 0.15) is 71.7 Å². The minimum Gasteiger partial charge on any atom is -0.460 e. The number of hydrogen-bond acceptors (Lipinski definition) is 4. The Morgan fingerprint density at radius 1 is 1.10 bits per heavy atom. The fourth-order valence-corrected chi connectivity index (χ4v) is 2.65. The summed E-state index contributed by atoms with van der Waals surface area (Å²) in [6, 6.07) is 7.27.